The molecule has 0 aromatic heterocycles. The van der Waals surface area contributed by atoms with Gasteiger partial charge in [0.1, 0.15) is 0 Å². The summed E-state index contributed by atoms with van der Waals surface area (Å²) < 4.78 is 29.9. The molecular weight excluding hydrogens is 396 g/mol. The van der Waals surface area contributed by atoms with Crippen molar-refractivity contribution in [2.24, 2.45) is 0 Å². The third kappa shape index (κ3) is 23.3. The lowest BCUT2D eigenvalue weighted by Crippen LogP contribution is -1.94. The Hall–Kier alpha value is -0.640. The number of rotatable bonds is 11. The molecular formula is C15H37N3O7P2. The van der Waals surface area contributed by atoms with Crippen LogP contribution in [-0.2, 0) is 18.0 Å². The van der Waals surface area contributed by atoms with E-state index in [4.69, 9.17) is 14.7 Å². The van der Waals surface area contributed by atoms with Crippen LogP contribution in [0, 0.1) is 0 Å². The van der Waals surface area contributed by atoms with Crippen molar-refractivity contribution in [2.45, 2.75) is 53.4 Å². The van der Waals surface area contributed by atoms with Crippen LogP contribution in [0.2, 0.25) is 0 Å². The summed E-state index contributed by atoms with van der Waals surface area (Å²) >= 11 is 0. The number of phosphoric ester groups is 1. The van der Waals surface area contributed by atoms with Crippen molar-refractivity contribution >= 4 is 15.6 Å². The van der Waals surface area contributed by atoms with Gasteiger partial charge >= 0.3 is 15.6 Å². The average molecular weight is 433 g/mol. The summed E-state index contributed by atoms with van der Waals surface area (Å²) in [6.45, 7) is 7.82. The molecule has 0 bridgehead atoms. The van der Waals surface area contributed by atoms with E-state index in [0.29, 0.717) is 0 Å². The van der Waals surface area contributed by atoms with E-state index in [1.54, 1.807) is 6.08 Å². The lowest BCUT2D eigenvalue weighted by molar-refractivity contribution is 0.191. The summed E-state index contributed by atoms with van der Waals surface area (Å²) in [6.07, 6.45) is 9.59. The third-order valence-corrected chi connectivity index (χ3v) is 5.15. The molecule has 12 heteroatoms. The molecule has 12 N–H and O–H groups in total. The van der Waals surface area contributed by atoms with Gasteiger partial charge in [-0.05, 0) is 53.4 Å². The van der Waals surface area contributed by atoms with Gasteiger partial charge in [0, 0.05) is 0 Å². The molecule has 164 valence electrons. The van der Waals surface area contributed by atoms with E-state index >= 15 is 0 Å². The summed E-state index contributed by atoms with van der Waals surface area (Å²) in [7, 11) is -9.82. The van der Waals surface area contributed by atoms with E-state index in [-0.39, 0.29) is 25.1 Å². The molecule has 0 aliphatic rings. The monoisotopic (exact) mass is 433 g/mol. The molecule has 0 saturated carbocycles. The molecule has 0 saturated heterocycles. The van der Waals surface area contributed by atoms with E-state index in [0.717, 1.165) is 31.3 Å². The van der Waals surface area contributed by atoms with Crippen LogP contribution in [0.1, 0.15) is 53.4 Å². The molecule has 27 heavy (non-hydrogen) atoms. The first kappa shape index (κ1) is 33.9. The molecule has 1 atom stereocenters. The zero-order valence-electron chi connectivity index (χ0n) is 16.8. The molecule has 0 amide bonds. The number of allylic oxidation sites excluding steroid dienone is 5. The normalized spacial score (nSPS) is 14.2. The van der Waals surface area contributed by atoms with Crippen molar-refractivity contribution in [3.05, 3.63) is 34.9 Å². The van der Waals surface area contributed by atoms with Gasteiger partial charge in [-0.25, -0.2) is 9.13 Å². The quantitative estimate of drug-likeness (QED) is 0.186. The number of hydrogen-bond donors (Lipinski definition) is 6. The molecule has 0 rings (SSSR count). The smallest absolute Gasteiger partial charge is 0.344 e. The second-order valence-electron chi connectivity index (χ2n) is 5.80. The van der Waals surface area contributed by atoms with Crippen LogP contribution >= 0.6 is 15.6 Å². The molecule has 0 aromatic carbocycles. The standard InChI is InChI=1S/C15H28O7P2.3H3N/c1-13(2)7-5-8-14(3)9-6-10-15(4)11-12-21-24(19,20)22-23(16,17)18;;;/h7,9,11H,5-6,8,10,12H2,1-4H3,(H,19,20)(H2,16,17,18);3*1H3. The van der Waals surface area contributed by atoms with E-state index in [9.17, 15) is 9.13 Å². The van der Waals surface area contributed by atoms with Crippen LogP contribution in [0.4, 0.5) is 0 Å². The van der Waals surface area contributed by atoms with E-state index < -0.39 is 15.6 Å². The van der Waals surface area contributed by atoms with Gasteiger partial charge in [0.2, 0.25) is 0 Å². The van der Waals surface area contributed by atoms with Crippen molar-refractivity contribution in [2.75, 3.05) is 6.61 Å². The van der Waals surface area contributed by atoms with Gasteiger partial charge < -0.3 is 33.1 Å². The maximum absolute atomic E-state index is 11.2. The first-order chi connectivity index (χ1) is 10.9. The highest BCUT2D eigenvalue weighted by atomic mass is 31.3. The summed E-state index contributed by atoms with van der Waals surface area (Å²) in [6, 6.07) is 0. The van der Waals surface area contributed by atoms with Gasteiger partial charge in [-0.15, -0.1) is 0 Å². The first-order valence-corrected chi connectivity index (χ1v) is 10.6. The fraction of sp³-hybridized carbons (Fsp3) is 0.600. The van der Waals surface area contributed by atoms with Crippen molar-refractivity contribution in [1.29, 1.82) is 0 Å². The predicted molar refractivity (Wildman–Crippen MR) is 109 cm³/mol. The second kappa shape index (κ2) is 16.3. The Morgan fingerprint density at radius 2 is 1.26 bits per heavy atom. The molecule has 0 aliphatic heterocycles. The zero-order valence-corrected chi connectivity index (χ0v) is 18.5. The summed E-state index contributed by atoms with van der Waals surface area (Å²) in [5.74, 6) is 0. The molecule has 0 radical (unpaired) electrons. The zero-order chi connectivity index (χ0) is 18.8. The van der Waals surface area contributed by atoms with E-state index in [2.05, 4.69) is 41.8 Å². The number of phosphoric acid groups is 2. The fourth-order valence-corrected chi connectivity index (χ4v) is 3.30. The lowest BCUT2D eigenvalue weighted by Gasteiger charge is -2.11. The Bertz CT molecular complexity index is 582. The minimum atomic E-state index is -5.07. The highest BCUT2D eigenvalue weighted by molar-refractivity contribution is 7.60. The maximum Gasteiger partial charge on any atom is 0.481 e. The maximum atomic E-state index is 11.2. The van der Waals surface area contributed by atoms with Gasteiger partial charge in [0.25, 0.3) is 0 Å². The van der Waals surface area contributed by atoms with Gasteiger partial charge in [-0.1, -0.05) is 34.9 Å². The summed E-state index contributed by atoms with van der Waals surface area (Å²) in [5, 5.41) is 0. The van der Waals surface area contributed by atoms with Crippen molar-refractivity contribution in [1.82, 2.24) is 18.5 Å². The molecule has 1 unspecified atom stereocenters. The van der Waals surface area contributed by atoms with Gasteiger partial charge in [0.15, 0.2) is 0 Å². The molecule has 0 fully saturated rings. The average Bonchev–Trinajstić information content (AvgIpc) is 2.34. The van der Waals surface area contributed by atoms with Crippen molar-refractivity contribution in [3.63, 3.8) is 0 Å². The highest BCUT2D eigenvalue weighted by Gasteiger charge is 2.31. The Balaban J connectivity index is -0.000000882. The van der Waals surface area contributed by atoms with Crippen LogP contribution in [0.3, 0.4) is 0 Å². The molecule has 0 heterocycles. The van der Waals surface area contributed by atoms with Crippen LogP contribution in [0.5, 0.6) is 0 Å². The predicted octanol–water partition coefficient (Wildman–Crippen LogP) is 5.12. The summed E-state index contributed by atoms with van der Waals surface area (Å²) in [5.41, 5.74) is 3.57. The van der Waals surface area contributed by atoms with Crippen LogP contribution in [-0.4, -0.2) is 21.3 Å². The van der Waals surface area contributed by atoms with E-state index in [1.807, 2.05) is 6.92 Å². The van der Waals surface area contributed by atoms with Crippen molar-refractivity contribution < 1.29 is 32.6 Å². The van der Waals surface area contributed by atoms with Gasteiger partial charge in [-0.2, -0.15) is 4.31 Å². The second-order valence-corrected chi connectivity index (χ2v) is 8.63. The largest absolute Gasteiger partial charge is 0.481 e. The molecule has 0 aliphatic carbocycles. The Labute approximate surface area is 162 Å². The Morgan fingerprint density at radius 1 is 0.815 bits per heavy atom. The lowest BCUT2D eigenvalue weighted by atomic mass is 10.1. The van der Waals surface area contributed by atoms with Crippen LogP contribution in [0.25, 0.3) is 0 Å². The van der Waals surface area contributed by atoms with Crippen LogP contribution in [0.15, 0.2) is 34.9 Å². The Kier molecular flexibility index (Phi) is 20.5. The van der Waals surface area contributed by atoms with Gasteiger partial charge in [0.05, 0.1) is 6.61 Å². The fourth-order valence-electron chi connectivity index (χ4n) is 1.77. The van der Waals surface area contributed by atoms with Crippen LogP contribution < -0.4 is 18.5 Å². The highest BCUT2D eigenvalue weighted by Crippen LogP contribution is 2.57. The third-order valence-electron chi connectivity index (χ3n) is 3.00. The topological polar surface area (TPSA) is 218 Å². The summed E-state index contributed by atoms with van der Waals surface area (Å²) in [4.78, 5) is 26.1. The molecule has 0 aromatic rings. The first-order valence-electron chi connectivity index (χ1n) is 7.60. The van der Waals surface area contributed by atoms with Gasteiger partial charge in [-0.3, -0.25) is 4.52 Å². The minimum absolute atomic E-state index is 0. The Morgan fingerprint density at radius 3 is 1.70 bits per heavy atom. The van der Waals surface area contributed by atoms with E-state index in [1.165, 1.54) is 11.1 Å². The minimum Gasteiger partial charge on any atom is -0.344 e. The SMILES string of the molecule is CC(C)=CCCC(C)=CCCC(C)=CCOP(=O)(O)OP(=O)(O)O.N.N.N. The number of hydrogen-bond acceptors (Lipinski definition) is 7. The molecule has 10 nitrogen and oxygen atoms in total. The molecule has 0 spiro atoms. The van der Waals surface area contributed by atoms with Crippen molar-refractivity contribution in [3.8, 4) is 0 Å².